The molecule has 1 saturated heterocycles. The van der Waals surface area contributed by atoms with Crippen molar-refractivity contribution in [1.82, 2.24) is 10.6 Å². The third-order valence-corrected chi connectivity index (χ3v) is 3.40. The molecular formula is C16H24N2O3. The molecule has 0 radical (unpaired) electrons. The summed E-state index contributed by atoms with van der Waals surface area (Å²) in [5.41, 5.74) is 0.549. The van der Waals surface area contributed by atoms with Crippen molar-refractivity contribution in [3.63, 3.8) is 0 Å². The zero-order valence-corrected chi connectivity index (χ0v) is 12.8. The summed E-state index contributed by atoms with van der Waals surface area (Å²) in [5, 5.41) is 15.9. The molecule has 1 amide bonds. The lowest BCUT2D eigenvalue weighted by Gasteiger charge is -2.32. The number of alkyl carbamates (subject to hydrolysis) is 1. The van der Waals surface area contributed by atoms with Gasteiger partial charge in [0.1, 0.15) is 11.4 Å². The lowest BCUT2D eigenvalue weighted by Crippen LogP contribution is -2.45. The van der Waals surface area contributed by atoms with Gasteiger partial charge in [-0.05, 0) is 57.9 Å². The van der Waals surface area contributed by atoms with Crippen LogP contribution in [0.3, 0.4) is 0 Å². The van der Waals surface area contributed by atoms with Crippen LogP contribution in [0.15, 0.2) is 24.3 Å². The molecule has 0 spiro atoms. The second-order valence-electron chi connectivity index (χ2n) is 6.47. The number of aromatic hydroxyl groups is 1. The van der Waals surface area contributed by atoms with E-state index in [0.29, 0.717) is 0 Å². The molecule has 2 rings (SSSR count). The van der Waals surface area contributed by atoms with Crippen molar-refractivity contribution in [2.75, 3.05) is 6.54 Å². The summed E-state index contributed by atoms with van der Waals surface area (Å²) in [6.07, 6.45) is 1.28. The Kier molecular flexibility index (Phi) is 4.73. The van der Waals surface area contributed by atoms with Crippen LogP contribution in [-0.4, -0.2) is 29.4 Å². The molecule has 21 heavy (non-hydrogen) atoms. The van der Waals surface area contributed by atoms with E-state index in [2.05, 4.69) is 10.6 Å². The van der Waals surface area contributed by atoms with Gasteiger partial charge in [0.05, 0.1) is 0 Å². The van der Waals surface area contributed by atoms with Gasteiger partial charge in [-0.2, -0.15) is 0 Å². The highest BCUT2D eigenvalue weighted by molar-refractivity contribution is 5.68. The van der Waals surface area contributed by atoms with Gasteiger partial charge >= 0.3 is 6.09 Å². The predicted octanol–water partition coefficient (Wildman–Crippen LogP) is 2.71. The maximum atomic E-state index is 11.8. The van der Waals surface area contributed by atoms with Crippen molar-refractivity contribution >= 4 is 6.09 Å². The summed E-state index contributed by atoms with van der Waals surface area (Å²) in [6, 6.07) is 7.43. The second-order valence-corrected chi connectivity index (χ2v) is 6.47. The molecule has 3 N–H and O–H groups in total. The summed E-state index contributed by atoms with van der Waals surface area (Å²) in [7, 11) is 0. The third kappa shape index (κ3) is 4.93. The number of nitrogens with one attached hydrogen (secondary N) is 2. The first-order valence-electron chi connectivity index (χ1n) is 7.35. The van der Waals surface area contributed by atoms with E-state index in [1.165, 1.54) is 0 Å². The number of ether oxygens (including phenoxy) is 1. The van der Waals surface area contributed by atoms with Gasteiger partial charge in [0.2, 0.25) is 0 Å². The van der Waals surface area contributed by atoms with Crippen LogP contribution >= 0.6 is 0 Å². The Morgan fingerprint density at radius 1 is 1.43 bits per heavy atom. The Morgan fingerprint density at radius 2 is 2.19 bits per heavy atom. The molecule has 0 aromatic heterocycles. The number of piperidine rings is 1. The zero-order chi connectivity index (χ0) is 15.5. The van der Waals surface area contributed by atoms with Crippen LogP contribution in [0.5, 0.6) is 5.75 Å². The average molecular weight is 292 g/mol. The standard InChI is InChI=1S/C16H24N2O3/c1-16(2,3)21-15(20)18-12-7-8-17-14(10-12)11-5-4-6-13(19)9-11/h4-6,9,12,14,17,19H,7-8,10H2,1-3H3,(H,18,20). The van der Waals surface area contributed by atoms with Gasteiger partial charge < -0.3 is 20.5 Å². The van der Waals surface area contributed by atoms with Gasteiger partial charge in [0, 0.05) is 12.1 Å². The molecule has 2 unspecified atom stereocenters. The van der Waals surface area contributed by atoms with Crippen LogP contribution in [0, 0.1) is 0 Å². The molecule has 0 aliphatic carbocycles. The van der Waals surface area contributed by atoms with E-state index in [0.717, 1.165) is 24.9 Å². The lowest BCUT2D eigenvalue weighted by molar-refractivity contribution is 0.0490. The van der Waals surface area contributed by atoms with E-state index < -0.39 is 5.60 Å². The number of phenolic OH excluding ortho intramolecular Hbond substituents is 1. The molecule has 0 bridgehead atoms. The zero-order valence-electron chi connectivity index (χ0n) is 12.8. The smallest absolute Gasteiger partial charge is 0.407 e. The maximum Gasteiger partial charge on any atom is 0.407 e. The Labute approximate surface area is 125 Å². The number of carbonyl (C=O) groups excluding carboxylic acids is 1. The van der Waals surface area contributed by atoms with Gasteiger partial charge in [-0.3, -0.25) is 0 Å². The molecule has 1 aromatic rings. The molecule has 0 saturated carbocycles. The molecule has 1 aliphatic rings. The van der Waals surface area contributed by atoms with Gasteiger partial charge in [-0.25, -0.2) is 4.79 Å². The molecule has 5 heteroatoms. The van der Waals surface area contributed by atoms with E-state index in [-0.39, 0.29) is 23.9 Å². The largest absolute Gasteiger partial charge is 0.508 e. The van der Waals surface area contributed by atoms with Crippen molar-refractivity contribution in [3.05, 3.63) is 29.8 Å². The average Bonchev–Trinajstić information content (AvgIpc) is 2.36. The number of hydrogen-bond acceptors (Lipinski definition) is 4. The molecule has 5 nitrogen and oxygen atoms in total. The van der Waals surface area contributed by atoms with Crippen LogP contribution in [0.4, 0.5) is 4.79 Å². The summed E-state index contributed by atoms with van der Waals surface area (Å²) in [4.78, 5) is 11.8. The topological polar surface area (TPSA) is 70.6 Å². The molecule has 116 valence electrons. The monoisotopic (exact) mass is 292 g/mol. The molecule has 1 heterocycles. The first-order chi connectivity index (χ1) is 9.83. The molecular weight excluding hydrogens is 268 g/mol. The Morgan fingerprint density at radius 3 is 2.86 bits per heavy atom. The van der Waals surface area contributed by atoms with E-state index in [1.807, 2.05) is 32.9 Å². The van der Waals surface area contributed by atoms with Crippen LogP contribution in [-0.2, 0) is 4.74 Å². The van der Waals surface area contributed by atoms with E-state index in [1.54, 1.807) is 12.1 Å². The van der Waals surface area contributed by atoms with Gasteiger partial charge in [-0.15, -0.1) is 0 Å². The minimum Gasteiger partial charge on any atom is -0.508 e. The Bertz CT molecular complexity index is 497. The van der Waals surface area contributed by atoms with Crippen LogP contribution in [0.2, 0.25) is 0 Å². The summed E-state index contributed by atoms with van der Waals surface area (Å²) >= 11 is 0. The first-order valence-corrected chi connectivity index (χ1v) is 7.35. The fraction of sp³-hybridized carbons (Fsp3) is 0.562. The summed E-state index contributed by atoms with van der Waals surface area (Å²) in [6.45, 7) is 6.38. The van der Waals surface area contributed by atoms with Crippen molar-refractivity contribution in [2.24, 2.45) is 0 Å². The number of amides is 1. The molecule has 1 aromatic carbocycles. The highest BCUT2D eigenvalue weighted by Gasteiger charge is 2.26. The van der Waals surface area contributed by atoms with Crippen LogP contribution in [0.25, 0.3) is 0 Å². The van der Waals surface area contributed by atoms with Gasteiger partial charge in [-0.1, -0.05) is 12.1 Å². The highest BCUT2D eigenvalue weighted by Crippen LogP contribution is 2.25. The fourth-order valence-electron chi connectivity index (χ4n) is 2.52. The Hall–Kier alpha value is -1.75. The number of phenols is 1. The van der Waals surface area contributed by atoms with Crippen LogP contribution < -0.4 is 10.6 Å². The van der Waals surface area contributed by atoms with E-state index in [4.69, 9.17) is 4.74 Å². The lowest BCUT2D eigenvalue weighted by atomic mass is 9.94. The Balaban J connectivity index is 1.93. The molecule has 1 aliphatic heterocycles. The number of carbonyl (C=O) groups is 1. The number of rotatable bonds is 2. The molecule has 1 fully saturated rings. The number of benzene rings is 1. The summed E-state index contributed by atoms with van der Waals surface area (Å²) < 4.78 is 5.29. The van der Waals surface area contributed by atoms with E-state index in [9.17, 15) is 9.90 Å². The minimum absolute atomic E-state index is 0.0773. The highest BCUT2D eigenvalue weighted by atomic mass is 16.6. The SMILES string of the molecule is CC(C)(C)OC(=O)NC1CCNC(c2cccc(O)c2)C1. The number of hydrogen-bond donors (Lipinski definition) is 3. The normalized spacial score (nSPS) is 22.6. The third-order valence-electron chi connectivity index (χ3n) is 3.40. The summed E-state index contributed by atoms with van der Waals surface area (Å²) in [5.74, 6) is 0.261. The van der Waals surface area contributed by atoms with E-state index >= 15 is 0 Å². The quantitative estimate of drug-likeness (QED) is 0.784. The van der Waals surface area contributed by atoms with Crippen molar-refractivity contribution in [2.45, 2.75) is 51.3 Å². The first kappa shape index (κ1) is 15.6. The van der Waals surface area contributed by atoms with Crippen LogP contribution in [0.1, 0.15) is 45.2 Å². The predicted molar refractivity (Wildman–Crippen MR) is 81.2 cm³/mol. The fourth-order valence-corrected chi connectivity index (χ4v) is 2.52. The van der Waals surface area contributed by atoms with Gasteiger partial charge in [0.25, 0.3) is 0 Å². The second kappa shape index (κ2) is 6.35. The minimum atomic E-state index is -0.485. The van der Waals surface area contributed by atoms with Gasteiger partial charge in [0.15, 0.2) is 0 Å². The van der Waals surface area contributed by atoms with Crippen molar-refractivity contribution < 1.29 is 14.6 Å². The van der Waals surface area contributed by atoms with Crippen molar-refractivity contribution in [1.29, 1.82) is 0 Å². The maximum absolute atomic E-state index is 11.8. The van der Waals surface area contributed by atoms with Crippen molar-refractivity contribution in [3.8, 4) is 5.75 Å². The molecule has 2 atom stereocenters.